The summed E-state index contributed by atoms with van der Waals surface area (Å²) < 4.78 is 26.0. The number of thioether (sulfide) groups is 1. The van der Waals surface area contributed by atoms with Crippen LogP contribution in [-0.2, 0) is 5.75 Å². The predicted octanol–water partition coefficient (Wildman–Crippen LogP) is 3.23. The highest BCUT2D eigenvalue weighted by Gasteiger charge is 2.04. The van der Waals surface area contributed by atoms with E-state index < -0.39 is 11.6 Å². The number of hydrogen-bond acceptors (Lipinski definition) is 3. The van der Waals surface area contributed by atoms with Crippen molar-refractivity contribution in [2.24, 2.45) is 0 Å². The molecule has 0 aliphatic heterocycles. The molecule has 0 radical (unpaired) electrons. The lowest BCUT2D eigenvalue weighted by molar-refractivity contribution is 0.576. The molecule has 2 N–H and O–H groups in total. The molecule has 2 aromatic rings. The van der Waals surface area contributed by atoms with Crippen LogP contribution in [0.15, 0.2) is 41.4 Å². The van der Waals surface area contributed by atoms with E-state index in [2.05, 4.69) is 4.98 Å². The van der Waals surface area contributed by atoms with Gasteiger partial charge in [-0.2, -0.15) is 0 Å². The summed E-state index contributed by atoms with van der Waals surface area (Å²) in [6.07, 6.45) is 1.63. The van der Waals surface area contributed by atoms with E-state index in [0.717, 1.165) is 11.0 Å². The second-order valence-electron chi connectivity index (χ2n) is 3.44. The Morgan fingerprint density at radius 3 is 2.65 bits per heavy atom. The molecule has 0 fully saturated rings. The number of halogens is 2. The summed E-state index contributed by atoms with van der Waals surface area (Å²) in [5, 5.41) is 0. The first-order valence-electron chi connectivity index (χ1n) is 4.93. The van der Waals surface area contributed by atoms with E-state index in [9.17, 15) is 8.78 Å². The van der Waals surface area contributed by atoms with Crippen LogP contribution in [0.4, 0.5) is 14.6 Å². The fraction of sp³-hybridized carbons (Fsp3) is 0.0833. The van der Waals surface area contributed by atoms with Crippen molar-refractivity contribution in [2.75, 3.05) is 5.73 Å². The van der Waals surface area contributed by atoms with Crippen molar-refractivity contribution in [2.45, 2.75) is 10.6 Å². The van der Waals surface area contributed by atoms with Gasteiger partial charge in [-0.1, -0.05) is 6.07 Å². The average Bonchev–Trinajstić information content (AvgIpc) is 2.30. The smallest absolute Gasteiger partial charge is 0.130 e. The van der Waals surface area contributed by atoms with Crippen molar-refractivity contribution < 1.29 is 8.78 Å². The van der Waals surface area contributed by atoms with Crippen LogP contribution < -0.4 is 5.73 Å². The third-order valence-electron chi connectivity index (χ3n) is 2.17. The van der Waals surface area contributed by atoms with Crippen molar-refractivity contribution in [1.82, 2.24) is 4.98 Å². The van der Waals surface area contributed by atoms with Gasteiger partial charge >= 0.3 is 0 Å². The standard InChI is InChI=1S/C12H10F2N2S/c13-9-2-1-8(11(14)5-9)7-17-10-3-4-12(15)16-6-10/h1-6H,7H2,(H2,15,16). The molecular weight excluding hydrogens is 242 g/mol. The van der Waals surface area contributed by atoms with E-state index >= 15 is 0 Å². The topological polar surface area (TPSA) is 38.9 Å². The minimum atomic E-state index is -0.564. The molecule has 1 heterocycles. The number of anilines is 1. The SMILES string of the molecule is Nc1ccc(SCc2ccc(F)cc2F)cn1. The fourth-order valence-corrected chi connectivity index (χ4v) is 2.12. The van der Waals surface area contributed by atoms with Crippen LogP contribution in [0.5, 0.6) is 0 Å². The number of benzene rings is 1. The summed E-state index contributed by atoms with van der Waals surface area (Å²) in [7, 11) is 0. The molecule has 2 rings (SSSR count). The van der Waals surface area contributed by atoms with Gasteiger partial charge in [-0.3, -0.25) is 0 Å². The number of nitrogen functional groups attached to an aromatic ring is 1. The maximum Gasteiger partial charge on any atom is 0.130 e. The van der Waals surface area contributed by atoms with Crippen LogP contribution in [-0.4, -0.2) is 4.98 Å². The van der Waals surface area contributed by atoms with Gasteiger partial charge < -0.3 is 5.73 Å². The molecule has 0 amide bonds. The van der Waals surface area contributed by atoms with Crippen molar-refractivity contribution in [3.05, 3.63) is 53.7 Å². The van der Waals surface area contributed by atoms with Crippen LogP contribution in [0, 0.1) is 11.6 Å². The zero-order valence-corrected chi connectivity index (χ0v) is 9.68. The lowest BCUT2D eigenvalue weighted by Crippen LogP contribution is -1.90. The van der Waals surface area contributed by atoms with Gasteiger partial charge in [-0.05, 0) is 23.8 Å². The van der Waals surface area contributed by atoms with Gasteiger partial charge in [0.15, 0.2) is 0 Å². The maximum absolute atomic E-state index is 13.3. The molecule has 2 nitrogen and oxygen atoms in total. The van der Waals surface area contributed by atoms with Crippen LogP contribution in [0.25, 0.3) is 0 Å². The molecule has 0 saturated carbocycles. The number of pyridine rings is 1. The highest BCUT2D eigenvalue weighted by atomic mass is 32.2. The van der Waals surface area contributed by atoms with Gasteiger partial charge in [-0.15, -0.1) is 11.8 Å². The second-order valence-corrected chi connectivity index (χ2v) is 4.49. The summed E-state index contributed by atoms with van der Waals surface area (Å²) in [6.45, 7) is 0. The zero-order chi connectivity index (χ0) is 12.3. The first-order chi connectivity index (χ1) is 8.15. The number of nitrogens with two attached hydrogens (primary N) is 1. The molecule has 0 atom stereocenters. The monoisotopic (exact) mass is 252 g/mol. The van der Waals surface area contributed by atoms with Crippen molar-refractivity contribution in [3.63, 3.8) is 0 Å². The van der Waals surface area contributed by atoms with Gasteiger partial charge in [0.1, 0.15) is 17.5 Å². The summed E-state index contributed by atoms with van der Waals surface area (Å²) in [5.41, 5.74) is 5.92. The number of aromatic nitrogens is 1. The number of nitrogens with zero attached hydrogens (tertiary/aromatic N) is 1. The van der Waals surface area contributed by atoms with Crippen LogP contribution in [0.3, 0.4) is 0 Å². The van der Waals surface area contributed by atoms with Crippen LogP contribution in [0.1, 0.15) is 5.56 Å². The quantitative estimate of drug-likeness (QED) is 0.852. The van der Waals surface area contributed by atoms with Gasteiger partial charge in [-0.25, -0.2) is 13.8 Å². The summed E-state index contributed by atoms with van der Waals surface area (Å²) in [5.74, 6) is -0.217. The van der Waals surface area contributed by atoms with Crippen molar-refractivity contribution >= 4 is 17.6 Å². The summed E-state index contributed by atoms with van der Waals surface area (Å²) in [4.78, 5) is 4.82. The van der Waals surface area contributed by atoms with Gasteiger partial charge in [0.25, 0.3) is 0 Å². The largest absolute Gasteiger partial charge is 0.384 e. The fourth-order valence-electron chi connectivity index (χ4n) is 1.28. The van der Waals surface area contributed by atoms with Crippen LogP contribution >= 0.6 is 11.8 Å². The minimum absolute atomic E-state index is 0.428. The van der Waals surface area contributed by atoms with E-state index in [1.54, 1.807) is 12.3 Å². The van der Waals surface area contributed by atoms with E-state index in [1.807, 2.05) is 6.07 Å². The summed E-state index contributed by atoms with van der Waals surface area (Å²) in [6, 6.07) is 7.08. The molecule has 0 aliphatic rings. The molecule has 0 bridgehead atoms. The molecule has 1 aromatic carbocycles. The molecular formula is C12H10F2N2S. The van der Waals surface area contributed by atoms with Crippen molar-refractivity contribution in [3.8, 4) is 0 Å². The second kappa shape index (κ2) is 5.14. The van der Waals surface area contributed by atoms with Crippen molar-refractivity contribution in [1.29, 1.82) is 0 Å². The molecule has 0 saturated heterocycles. The Morgan fingerprint density at radius 2 is 2.00 bits per heavy atom. The van der Waals surface area contributed by atoms with Gasteiger partial charge in [0.05, 0.1) is 0 Å². The summed E-state index contributed by atoms with van der Waals surface area (Å²) >= 11 is 1.42. The highest BCUT2D eigenvalue weighted by molar-refractivity contribution is 7.98. The minimum Gasteiger partial charge on any atom is -0.384 e. The first kappa shape index (κ1) is 11.9. The molecule has 1 aromatic heterocycles. The average molecular weight is 252 g/mol. The Balaban J connectivity index is 2.04. The third-order valence-corrected chi connectivity index (χ3v) is 3.20. The molecule has 88 valence electrons. The van der Waals surface area contributed by atoms with Gasteiger partial charge in [0, 0.05) is 22.9 Å². The molecule has 5 heteroatoms. The van der Waals surface area contributed by atoms with E-state index in [-0.39, 0.29) is 0 Å². The third kappa shape index (κ3) is 3.17. The lowest BCUT2D eigenvalue weighted by atomic mass is 10.2. The van der Waals surface area contributed by atoms with Gasteiger partial charge in [0.2, 0.25) is 0 Å². The normalized spacial score (nSPS) is 10.5. The van der Waals surface area contributed by atoms with Crippen LogP contribution in [0.2, 0.25) is 0 Å². The van der Waals surface area contributed by atoms with E-state index in [0.29, 0.717) is 17.1 Å². The Morgan fingerprint density at radius 1 is 1.18 bits per heavy atom. The Labute approximate surface area is 102 Å². The van der Waals surface area contributed by atoms with E-state index in [4.69, 9.17) is 5.73 Å². The lowest BCUT2D eigenvalue weighted by Gasteiger charge is -2.03. The number of hydrogen-bond donors (Lipinski definition) is 1. The molecule has 0 spiro atoms. The number of rotatable bonds is 3. The first-order valence-corrected chi connectivity index (χ1v) is 5.92. The molecule has 0 aliphatic carbocycles. The predicted molar refractivity (Wildman–Crippen MR) is 64.6 cm³/mol. The maximum atomic E-state index is 13.3. The zero-order valence-electron chi connectivity index (χ0n) is 8.86. The molecule has 17 heavy (non-hydrogen) atoms. The Bertz CT molecular complexity index is 514. The van der Waals surface area contributed by atoms with E-state index in [1.165, 1.54) is 23.9 Å². The Kier molecular flexibility index (Phi) is 3.58. The Hall–Kier alpha value is -1.62. The highest BCUT2D eigenvalue weighted by Crippen LogP contribution is 2.24. The molecule has 0 unspecified atom stereocenters.